The minimum Gasteiger partial charge on any atom is -0.478 e. The van der Waals surface area contributed by atoms with E-state index in [1.54, 1.807) is 0 Å². The van der Waals surface area contributed by atoms with Crippen molar-refractivity contribution >= 4 is 12.1 Å². The molecule has 0 aliphatic carbocycles. The van der Waals surface area contributed by atoms with Crippen molar-refractivity contribution in [1.82, 2.24) is 0 Å². The normalized spacial score (nSPS) is 15.1. The monoisotopic (exact) mass is 303 g/mol. The Labute approximate surface area is 117 Å². The van der Waals surface area contributed by atoms with Crippen molar-refractivity contribution in [3.63, 3.8) is 0 Å². The molecule has 0 spiro atoms. The number of aliphatic carboxylic acids is 1. The van der Waals surface area contributed by atoms with Gasteiger partial charge in [-0.1, -0.05) is 30.3 Å². The number of carbonyl (C=O) groups is 2. The predicted octanol–water partition coefficient (Wildman–Crippen LogP) is 2.57. The van der Waals surface area contributed by atoms with Crippen LogP contribution in [0, 0.1) is 0 Å². The van der Waals surface area contributed by atoms with Crippen molar-refractivity contribution in [2.24, 2.45) is 5.73 Å². The second-order valence-corrected chi connectivity index (χ2v) is 4.14. The molecule has 1 unspecified atom stereocenters. The molecule has 3 N–H and O–H groups in total. The summed E-state index contributed by atoms with van der Waals surface area (Å²) < 4.78 is 42.1. The fourth-order valence-electron chi connectivity index (χ4n) is 1.87. The van der Waals surface area contributed by atoms with Crippen LogP contribution in [-0.2, 0) is 15.1 Å². The maximum Gasteiger partial charge on any atom is 0.409 e. The van der Waals surface area contributed by atoms with E-state index < -0.39 is 29.4 Å². The highest BCUT2D eigenvalue weighted by Crippen LogP contribution is 2.36. The Morgan fingerprint density at radius 1 is 1.24 bits per heavy atom. The molecule has 1 rings (SSSR count). The van der Waals surface area contributed by atoms with E-state index in [9.17, 15) is 27.9 Å². The van der Waals surface area contributed by atoms with E-state index in [4.69, 9.17) is 5.73 Å². The number of carboxylic acid groups (broad SMARTS) is 1. The molecule has 0 radical (unpaired) electrons. The number of hydrogen-bond acceptors (Lipinski definition) is 3. The van der Waals surface area contributed by atoms with Gasteiger partial charge in [0.25, 0.3) is 5.60 Å². The molecule has 5 nitrogen and oxygen atoms in total. The molecular weight excluding hydrogens is 291 g/mol. The standard InChI is InChI=1S/C13H12F3NO4/c1-8(7-12(14,15)16)13(10(18)19,21-11(17)20)9-5-3-2-4-6-9/h2-7H,1H3,(H2,17,20)(H,18,19). The Morgan fingerprint density at radius 2 is 1.76 bits per heavy atom. The van der Waals surface area contributed by atoms with E-state index in [2.05, 4.69) is 4.74 Å². The topological polar surface area (TPSA) is 89.6 Å². The first kappa shape index (κ1) is 16.5. The zero-order valence-electron chi connectivity index (χ0n) is 10.8. The van der Waals surface area contributed by atoms with Crippen LogP contribution in [0.5, 0.6) is 0 Å². The smallest absolute Gasteiger partial charge is 0.409 e. The van der Waals surface area contributed by atoms with Gasteiger partial charge in [0.15, 0.2) is 0 Å². The Bertz CT molecular complexity index is 569. The molecule has 0 aliphatic rings. The largest absolute Gasteiger partial charge is 0.478 e. The van der Waals surface area contributed by atoms with Crippen LogP contribution in [0.1, 0.15) is 12.5 Å². The molecule has 0 saturated heterocycles. The van der Waals surface area contributed by atoms with Gasteiger partial charge in [0.1, 0.15) is 0 Å². The van der Waals surface area contributed by atoms with Crippen molar-refractivity contribution in [1.29, 1.82) is 0 Å². The summed E-state index contributed by atoms with van der Waals surface area (Å²) in [5.41, 5.74) is 1.30. The van der Waals surface area contributed by atoms with Crippen molar-refractivity contribution in [2.45, 2.75) is 18.7 Å². The van der Waals surface area contributed by atoms with E-state index in [1.807, 2.05) is 0 Å². The fourth-order valence-corrected chi connectivity index (χ4v) is 1.87. The number of nitrogens with two attached hydrogens (primary N) is 1. The highest BCUT2D eigenvalue weighted by Gasteiger charge is 2.47. The summed E-state index contributed by atoms with van der Waals surface area (Å²) in [6, 6.07) is 6.79. The average molecular weight is 303 g/mol. The number of allylic oxidation sites excluding steroid dienone is 1. The average Bonchev–Trinajstić information content (AvgIpc) is 2.34. The number of ether oxygens (including phenoxy) is 1. The predicted molar refractivity (Wildman–Crippen MR) is 66.2 cm³/mol. The maximum absolute atomic E-state index is 12.5. The SMILES string of the molecule is CC(=CC(F)(F)F)C(OC(N)=O)(C(=O)O)c1ccccc1. The number of primary amides is 1. The highest BCUT2D eigenvalue weighted by atomic mass is 19.4. The molecular formula is C13H12F3NO4. The minimum atomic E-state index is -4.78. The molecule has 0 heterocycles. The second kappa shape index (κ2) is 5.86. The summed E-state index contributed by atoms with van der Waals surface area (Å²) in [7, 11) is 0. The van der Waals surface area contributed by atoms with Gasteiger partial charge in [0, 0.05) is 11.6 Å². The molecule has 1 aromatic rings. The van der Waals surface area contributed by atoms with Crippen molar-refractivity contribution < 1.29 is 32.6 Å². The van der Waals surface area contributed by atoms with Crippen LogP contribution in [0.3, 0.4) is 0 Å². The summed E-state index contributed by atoms with van der Waals surface area (Å²) in [4.78, 5) is 22.5. The molecule has 0 saturated carbocycles. The Hall–Kier alpha value is -2.51. The number of carbonyl (C=O) groups excluding carboxylic acids is 1. The number of alkyl halides is 3. The minimum absolute atomic E-state index is 0.158. The Morgan fingerprint density at radius 3 is 2.14 bits per heavy atom. The molecule has 1 aromatic carbocycles. The highest BCUT2D eigenvalue weighted by molar-refractivity contribution is 5.86. The first-order chi connectivity index (χ1) is 9.59. The second-order valence-electron chi connectivity index (χ2n) is 4.14. The first-order valence-electron chi connectivity index (χ1n) is 5.63. The number of hydrogen-bond donors (Lipinski definition) is 2. The van der Waals surface area contributed by atoms with E-state index in [0.717, 1.165) is 6.92 Å². The van der Waals surface area contributed by atoms with Crippen LogP contribution < -0.4 is 5.73 Å². The number of carboxylic acids is 1. The van der Waals surface area contributed by atoms with Crippen LogP contribution in [0.25, 0.3) is 0 Å². The Balaban J connectivity index is 3.58. The van der Waals surface area contributed by atoms with E-state index in [-0.39, 0.29) is 11.6 Å². The van der Waals surface area contributed by atoms with Crippen molar-refractivity contribution in [3.05, 3.63) is 47.5 Å². The van der Waals surface area contributed by atoms with E-state index >= 15 is 0 Å². The third-order valence-corrected chi connectivity index (χ3v) is 2.67. The van der Waals surface area contributed by atoms with Gasteiger partial charge >= 0.3 is 18.2 Å². The lowest BCUT2D eigenvalue weighted by Crippen LogP contribution is -2.43. The van der Waals surface area contributed by atoms with E-state index in [1.165, 1.54) is 30.3 Å². The van der Waals surface area contributed by atoms with Crippen LogP contribution in [0.2, 0.25) is 0 Å². The van der Waals surface area contributed by atoms with Crippen LogP contribution in [0.15, 0.2) is 42.0 Å². The van der Waals surface area contributed by atoms with Crippen molar-refractivity contribution in [2.75, 3.05) is 0 Å². The summed E-state index contributed by atoms with van der Waals surface area (Å²) >= 11 is 0. The van der Waals surface area contributed by atoms with Crippen molar-refractivity contribution in [3.8, 4) is 0 Å². The molecule has 0 bridgehead atoms. The third-order valence-electron chi connectivity index (χ3n) is 2.67. The Kier molecular flexibility index (Phi) is 4.62. The van der Waals surface area contributed by atoms with Crippen LogP contribution >= 0.6 is 0 Å². The lowest BCUT2D eigenvalue weighted by molar-refractivity contribution is -0.155. The molecule has 1 amide bonds. The molecule has 21 heavy (non-hydrogen) atoms. The van der Waals surface area contributed by atoms with Crippen LogP contribution in [-0.4, -0.2) is 23.3 Å². The first-order valence-corrected chi connectivity index (χ1v) is 5.63. The molecule has 1 atom stereocenters. The molecule has 8 heteroatoms. The zero-order valence-corrected chi connectivity index (χ0v) is 10.8. The summed E-state index contributed by atoms with van der Waals surface area (Å²) in [6.45, 7) is 0.900. The van der Waals surface area contributed by atoms with Gasteiger partial charge in [0.05, 0.1) is 0 Å². The number of benzene rings is 1. The zero-order chi connectivity index (χ0) is 16.3. The van der Waals surface area contributed by atoms with Gasteiger partial charge in [-0.25, -0.2) is 9.59 Å². The number of halogens is 3. The van der Waals surface area contributed by atoms with Gasteiger partial charge < -0.3 is 15.6 Å². The van der Waals surface area contributed by atoms with Gasteiger partial charge in [-0.2, -0.15) is 13.2 Å². The number of amides is 1. The molecule has 0 fully saturated rings. The molecule has 0 aromatic heterocycles. The quantitative estimate of drug-likeness (QED) is 0.836. The fraction of sp³-hybridized carbons (Fsp3) is 0.231. The molecule has 114 valence electrons. The molecule has 0 aliphatic heterocycles. The van der Waals surface area contributed by atoms with Gasteiger partial charge in [-0.3, -0.25) is 0 Å². The van der Waals surface area contributed by atoms with Gasteiger partial charge in [-0.15, -0.1) is 0 Å². The lowest BCUT2D eigenvalue weighted by atomic mass is 9.86. The van der Waals surface area contributed by atoms with Crippen LogP contribution in [0.4, 0.5) is 18.0 Å². The van der Waals surface area contributed by atoms with Gasteiger partial charge in [-0.05, 0) is 12.5 Å². The third kappa shape index (κ3) is 3.74. The summed E-state index contributed by atoms with van der Waals surface area (Å²) in [6.07, 6.45) is -6.52. The summed E-state index contributed by atoms with van der Waals surface area (Å²) in [5, 5.41) is 9.35. The van der Waals surface area contributed by atoms with E-state index in [0.29, 0.717) is 0 Å². The lowest BCUT2D eigenvalue weighted by Gasteiger charge is -2.30. The number of rotatable bonds is 4. The maximum atomic E-state index is 12.5. The summed E-state index contributed by atoms with van der Waals surface area (Å²) in [5.74, 6) is -1.79. The van der Waals surface area contributed by atoms with Gasteiger partial charge in [0.2, 0.25) is 0 Å².